The zero-order chi connectivity index (χ0) is 10.7. The fourth-order valence-corrected chi connectivity index (χ4v) is 1.88. The van der Waals surface area contributed by atoms with Crippen LogP contribution in [0.3, 0.4) is 0 Å². The molecule has 0 unspecified atom stereocenters. The van der Waals surface area contributed by atoms with Crippen LogP contribution in [-0.2, 0) is 13.1 Å². The van der Waals surface area contributed by atoms with Crippen molar-refractivity contribution in [2.45, 2.75) is 13.1 Å². The van der Waals surface area contributed by atoms with Crippen molar-refractivity contribution in [1.82, 2.24) is 4.90 Å². The lowest BCUT2D eigenvalue weighted by atomic mass is 10.1. The zero-order valence-corrected chi connectivity index (χ0v) is 8.69. The monoisotopic (exact) mass is 204 g/mol. The molecule has 80 valence electrons. The molecule has 1 aromatic rings. The van der Waals surface area contributed by atoms with Gasteiger partial charge in [-0.25, -0.2) is 0 Å². The van der Waals surface area contributed by atoms with E-state index in [0.717, 1.165) is 19.6 Å². The molecular formula is C11H16N4. The fourth-order valence-electron chi connectivity index (χ4n) is 1.88. The molecule has 4 heteroatoms. The first-order valence-electron chi connectivity index (χ1n) is 5.10. The molecule has 0 saturated heterocycles. The van der Waals surface area contributed by atoms with Crippen LogP contribution in [0.25, 0.3) is 0 Å². The van der Waals surface area contributed by atoms with Gasteiger partial charge in [0.15, 0.2) is 5.96 Å². The van der Waals surface area contributed by atoms with Crippen LogP contribution in [0.2, 0.25) is 0 Å². The van der Waals surface area contributed by atoms with Gasteiger partial charge in [-0.15, -0.1) is 0 Å². The van der Waals surface area contributed by atoms with Crippen molar-refractivity contribution in [3.05, 3.63) is 35.4 Å². The highest BCUT2D eigenvalue weighted by Gasteiger charge is 2.16. The Morgan fingerprint density at radius 2 is 1.80 bits per heavy atom. The van der Waals surface area contributed by atoms with E-state index in [1.54, 1.807) is 0 Å². The van der Waals surface area contributed by atoms with E-state index >= 15 is 0 Å². The standard InChI is InChI=1S/C11H16N4/c12-11(13)14-5-6-15-7-9-3-1-2-4-10(9)8-15/h1-4H,5-8H2,(H4,12,13,14). The number of nitrogens with zero attached hydrogens (tertiary/aromatic N) is 2. The first-order chi connectivity index (χ1) is 7.25. The number of rotatable bonds is 3. The zero-order valence-electron chi connectivity index (χ0n) is 8.69. The summed E-state index contributed by atoms with van der Waals surface area (Å²) in [6, 6.07) is 8.52. The first kappa shape index (κ1) is 9.98. The number of hydrogen-bond donors (Lipinski definition) is 2. The van der Waals surface area contributed by atoms with E-state index in [0.29, 0.717) is 6.54 Å². The van der Waals surface area contributed by atoms with E-state index in [-0.39, 0.29) is 5.96 Å². The topological polar surface area (TPSA) is 67.6 Å². The highest BCUT2D eigenvalue weighted by atomic mass is 15.2. The Balaban J connectivity index is 1.88. The van der Waals surface area contributed by atoms with Gasteiger partial charge in [-0.2, -0.15) is 0 Å². The van der Waals surface area contributed by atoms with E-state index in [2.05, 4.69) is 34.2 Å². The molecule has 1 aliphatic heterocycles. The van der Waals surface area contributed by atoms with Crippen LogP contribution in [0.4, 0.5) is 0 Å². The van der Waals surface area contributed by atoms with Crippen molar-refractivity contribution in [1.29, 1.82) is 0 Å². The Morgan fingerprint density at radius 1 is 1.20 bits per heavy atom. The Kier molecular flexibility index (Phi) is 2.87. The molecule has 1 heterocycles. The highest BCUT2D eigenvalue weighted by molar-refractivity contribution is 5.75. The van der Waals surface area contributed by atoms with Gasteiger partial charge in [0.05, 0.1) is 6.54 Å². The second kappa shape index (κ2) is 4.31. The minimum atomic E-state index is 0.173. The summed E-state index contributed by atoms with van der Waals surface area (Å²) >= 11 is 0. The third-order valence-electron chi connectivity index (χ3n) is 2.62. The van der Waals surface area contributed by atoms with Gasteiger partial charge in [-0.3, -0.25) is 9.89 Å². The lowest BCUT2D eigenvalue weighted by molar-refractivity contribution is 0.293. The molecule has 4 N–H and O–H groups in total. The van der Waals surface area contributed by atoms with Crippen LogP contribution in [0.15, 0.2) is 29.3 Å². The van der Waals surface area contributed by atoms with Crippen LogP contribution in [0.1, 0.15) is 11.1 Å². The number of benzene rings is 1. The van der Waals surface area contributed by atoms with Crippen molar-refractivity contribution < 1.29 is 0 Å². The van der Waals surface area contributed by atoms with Gasteiger partial charge in [0.1, 0.15) is 0 Å². The van der Waals surface area contributed by atoms with Crippen molar-refractivity contribution in [3.8, 4) is 0 Å². The molecule has 2 rings (SSSR count). The second-order valence-corrected chi connectivity index (χ2v) is 3.79. The molecule has 0 aliphatic carbocycles. The van der Waals surface area contributed by atoms with Crippen LogP contribution in [-0.4, -0.2) is 23.9 Å². The van der Waals surface area contributed by atoms with Crippen molar-refractivity contribution >= 4 is 5.96 Å². The lowest BCUT2D eigenvalue weighted by Gasteiger charge is -2.12. The normalized spacial score (nSPS) is 14.9. The SMILES string of the molecule is NC(N)=NCCN1Cc2ccccc2C1. The van der Waals surface area contributed by atoms with E-state index in [1.807, 2.05) is 0 Å². The Labute approximate surface area is 89.6 Å². The number of guanidine groups is 1. The summed E-state index contributed by atoms with van der Waals surface area (Å²) in [5.41, 5.74) is 13.4. The summed E-state index contributed by atoms with van der Waals surface area (Å²) < 4.78 is 0. The third-order valence-corrected chi connectivity index (χ3v) is 2.62. The maximum Gasteiger partial charge on any atom is 0.185 e. The number of aliphatic imine (C=N–C) groups is 1. The molecule has 1 aliphatic rings. The number of hydrogen-bond acceptors (Lipinski definition) is 2. The Hall–Kier alpha value is -1.55. The summed E-state index contributed by atoms with van der Waals surface area (Å²) in [7, 11) is 0. The van der Waals surface area contributed by atoms with E-state index in [9.17, 15) is 0 Å². The maximum absolute atomic E-state index is 5.27. The molecule has 0 amide bonds. The molecule has 0 saturated carbocycles. The molecule has 4 nitrogen and oxygen atoms in total. The van der Waals surface area contributed by atoms with Gasteiger partial charge < -0.3 is 11.5 Å². The van der Waals surface area contributed by atoms with Gasteiger partial charge >= 0.3 is 0 Å². The summed E-state index contributed by atoms with van der Waals surface area (Å²) in [6.45, 7) is 3.61. The lowest BCUT2D eigenvalue weighted by Crippen LogP contribution is -2.26. The number of nitrogens with two attached hydrogens (primary N) is 2. The first-order valence-corrected chi connectivity index (χ1v) is 5.10. The van der Waals surface area contributed by atoms with Crippen LogP contribution < -0.4 is 11.5 Å². The van der Waals surface area contributed by atoms with E-state index < -0.39 is 0 Å². The van der Waals surface area contributed by atoms with Crippen LogP contribution in [0.5, 0.6) is 0 Å². The minimum absolute atomic E-state index is 0.173. The van der Waals surface area contributed by atoms with Crippen LogP contribution in [0, 0.1) is 0 Å². The van der Waals surface area contributed by atoms with Crippen molar-refractivity contribution in [3.63, 3.8) is 0 Å². The molecule has 0 radical (unpaired) electrons. The third kappa shape index (κ3) is 2.47. The Bertz CT molecular complexity index is 344. The molecule has 0 aromatic heterocycles. The molecule has 0 atom stereocenters. The van der Waals surface area contributed by atoms with Gasteiger partial charge in [0.2, 0.25) is 0 Å². The van der Waals surface area contributed by atoms with Gasteiger partial charge in [-0.05, 0) is 11.1 Å². The van der Waals surface area contributed by atoms with E-state index in [4.69, 9.17) is 11.5 Å². The van der Waals surface area contributed by atoms with Crippen molar-refractivity contribution in [2.75, 3.05) is 13.1 Å². The average Bonchev–Trinajstić information content (AvgIpc) is 2.59. The van der Waals surface area contributed by atoms with Crippen molar-refractivity contribution in [2.24, 2.45) is 16.5 Å². The van der Waals surface area contributed by atoms with E-state index in [1.165, 1.54) is 11.1 Å². The highest BCUT2D eigenvalue weighted by Crippen LogP contribution is 2.21. The molecule has 15 heavy (non-hydrogen) atoms. The molecule has 0 bridgehead atoms. The smallest absolute Gasteiger partial charge is 0.185 e. The second-order valence-electron chi connectivity index (χ2n) is 3.79. The van der Waals surface area contributed by atoms with Gasteiger partial charge in [-0.1, -0.05) is 24.3 Å². The van der Waals surface area contributed by atoms with Crippen LogP contribution >= 0.6 is 0 Å². The fraction of sp³-hybridized carbons (Fsp3) is 0.364. The average molecular weight is 204 g/mol. The Morgan fingerprint density at radius 3 is 2.33 bits per heavy atom. The quantitative estimate of drug-likeness (QED) is 0.549. The van der Waals surface area contributed by atoms with Gasteiger partial charge in [0.25, 0.3) is 0 Å². The summed E-state index contributed by atoms with van der Waals surface area (Å²) in [5.74, 6) is 0.173. The summed E-state index contributed by atoms with van der Waals surface area (Å²) in [6.07, 6.45) is 0. The minimum Gasteiger partial charge on any atom is -0.370 e. The summed E-state index contributed by atoms with van der Waals surface area (Å²) in [4.78, 5) is 6.33. The molecule has 0 fully saturated rings. The largest absolute Gasteiger partial charge is 0.370 e. The summed E-state index contributed by atoms with van der Waals surface area (Å²) in [5, 5.41) is 0. The predicted molar refractivity (Wildman–Crippen MR) is 61.2 cm³/mol. The molecule has 1 aromatic carbocycles. The predicted octanol–water partition coefficient (Wildman–Crippen LogP) is 0.276. The molecule has 0 spiro atoms. The number of fused-ring (bicyclic) bond motifs is 1. The van der Waals surface area contributed by atoms with Gasteiger partial charge in [0, 0.05) is 19.6 Å². The molecular weight excluding hydrogens is 188 g/mol. The maximum atomic E-state index is 5.27.